The predicted molar refractivity (Wildman–Crippen MR) is 336 cm³/mol. The van der Waals surface area contributed by atoms with Crippen molar-refractivity contribution in [3.63, 3.8) is 0 Å². The number of aryl methyl sites for hydroxylation is 2. The largest absolute Gasteiger partial charge is 0.542 e. The molecule has 0 bridgehead atoms. The van der Waals surface area contributed by atoms with Gasteiger partial charge in [-0.3, -0.25) is 0 Å². The SMILES string of the molecule is CCCCCC[Si](CCCCCC)(CCCCCC)Oc1c2cc(-c3ccc(-c4c(F)c(F)c(-c5ccc(C)s5)c5nsnc45)s3)sc2c(O[Si](CCCCCC)(CCCCCC)CCCCCC)c2cc(C)sc12. The third kappa shape index (κ3) is 15.4. The molecule has 0 unspecified atom stereocenters. The van der Waals surface area contributed by atoms with Crippen molar-refractivity contribution in [2.24, 2.45) is 0 Å². The molecule has 7 aromatic rings. The number of fused-ring (bicyclic) bond motifs is 3. The van der Waals surface area contributed by atoms with Crippen LogP contribution in [0.5, 0.6) is 11.5 Å². The maximum absolute atomic E-state index is 16.7. The minimum atomic E-state index is -2.33. The molecule has 75 heavy (non-hydrogen) atoms. The zero-order chi connectivity index (χ0) is 53.2. The fourth-order valence-corrected chi connectivity index (χ4v) is 25.1. The number of thiophene rings is 4. The monoisotopic (exact) mass is 1150 g/mol. The summed E-state index contributed by atoms with van der Waals surface area (Å²) in [5.41, 5.74) is 1.24. The molecule has 0 fully saturated rings. The van der Waals surface area contributed by atoms with Crippen LogP contribution in [-0.2, 0) is 0 Å². The first kappa shape index (κ1) is 60.1. The van der Waals surface area contributed by atoms with Crippen LogP contribution in [0.3, 0.4) is 0 Å². The number of hydrogen-bond acceptors (Lipinski definition) is 9. The number of nitrogens with zero attached hydrogens (tertiary/aromatic N) is 2. The van der Waals surface area contributed by atoms with Gasteiger partial charge in [0.05, 0.1) is 32.3 Å². The fourth-order valence-electron chi connectivity index (χ4n) is 11.4. The van der Waals surface area contributed by atoms with Gasteiger partial charge in [-0.25, -0.2) is 8.78 Å². The van der Waals surface area contributed by atoms with Crippen molar-refractivity contribution in [2.45, 2.75) is 246 Å². The van der Waals surface area contributed by atoms with Crippen molar-refractivity contribution < 1.29 is 17.6 Å². The minimum Gasteiger partial charge on any atom is -0.542 e. The number of unbranched alkanes of at least 4 members (excludes halogenated alkanes) is 18. The van der Waals surface area contributed by atoms with Crippen LogP contribution in [0, 0.1) is 25.5 Å². The van der Waals surface area contributed by atoms with Crippen molar-refractivity contribution in [1.29, 1.82) is 0 Å². The van der Waals surface area contributed by atoms with Gasteiger partial charge in [-0.15, -0.1) is 45.3 Å². The van der Waals surface area contributed by atoms with Gasteiger partial charge >= 0.3 is 0 Å². The molecule has 0 amide bonds. The van der Waals surface area contributed by atoms with Gasteiger partial charge in [0.25, 0.3) is 16.6 Å². The normalized spacial score (nSPS) is 12.4. The number of halogens is 2. The maximum atomic E-state index is 16.7. The highest BCUT2D eigenvalue weighted by Crippen LogP contribution is 2.55. The smallest absolute Gasteiger partial charge is 0.251 e. The lowest BCUT2D eigenvalue weighted by Crippen LogP contribution is -2.42. The van der Waals surface area contributed by atoms with Gasteiger partial charge in [0.2, 0.25) is 0 Å². The van der Waals surface area contributed by atoms with Gasteiger partial charge < -0.3 is 8.85 Å². The molecule has 0 N–H and O–H groups in total. The first-order valence-electron chi connectivity index (χ1n) is 29.7. The highest BCUT2D eigenvalue weighted by atomic mass is 32.1. The van der Waals surface area contributed by atoms with Gasteiger partial charge in [0.1, 0.15) is 22.5 Å². The van der Waals surface area contributed by atoms with Gasteiger partial charge in [-0.1, -0.05) is 196 Å². The summed E-state index contributed by atoms with van der Waals surface area (Å²) in [6.45, 7) is 18.2. The Morgan fingerprint density at radius 1 is 0.400 bits per heavy atom. The standard InChI is InChI=1S/C62H90F2N2O2S5Si2/c1-9-15-21-27-37-74(38-28-22-16-10-2,39-29-23-17-11-3)67-59-47-43-46(8)70-61(47)60(68-75(40-30-24-18-12-4,41-31-25-19-13-5)42-32-26-20-14-6)48-44-52(72-62(48)59)49-35-36-51(71-49)54-56(64)55(63)53(50-34-33-45(7)69-50)57-58(54)66-73-65-57/h33-36,43-44H,9-32,37-42H2,1-8H3. The Kier molecular flexibility index (Phi) is 24.2. The minimum absolute atomic E-state index is 0.199. The van der Waals surface area contributed by atoms with Crippen LogP contribution >= 0.6 is 57.1 Å². The summed E-state index contributed by atoms with van der Waals surface area (Å²) in [5.74, 6) is 0.476. The Morgan fingerprint density at radius 2 is 0.773 bits per heavy atom. The summed E-state index contributed by atoms with van der Waals surface area (Å²) in [4.78, 5) is 5.81. The summed E-state index contributed by atoms with van der Waals surface area (Å²) < 4.78 is 61.3. The van der Waals surface area contributed by atoms with Crippen LogP contribution in [0.15, 0.2) is 36.4 Å². The summed E-state index contributed by atoms with van der Waals surface area (Å²) in [6.07, 6.45) is 30.1. The van der Waals surface area contributed by atoms with E-state index >= 15 is 8.78 Å². The second-order valence-corrected chi connectivity index (χ2v) is 35.3. The molecular weight excluding hydrogens is 1060 g/mol. The van der Waals surface area contributed by atoms with Crippen molar-refractivity contribution in [3.8, 4) is 42.1 Å². The molecule has 0 saturated heterocycles. The molecule has 13 heteroatoms. The average Bonchev–Trinajstić information content (AvgIpc) is 4.29. The molecular formula is C62H90F2N2O2S5Si2. The molecule has 0 aliphatic rings. The van der Waals surface area contributed by atoms with Crippen molar-refractivity contribution >= 4 is 105 Å². The molecule has 0 aliphatic carbocycles. The van der Waals surface area contributed by atoms with Crippen LogP contribution in [0.25, 0.3) is 61.8 Å². The fraction of sp³-hybridized carbons (Fsp3) is 0.613. The zero-order valence-electron chi connectivity index (χ0n) is 47.2. The Balaban J connectivity index is 1.43. The molecule has 5 aromatic heterocycles. The van der Waals surface area contributed by atoms with E-state index in [2.05, 4.69) is 75.4 Å². The average molecular weight is 1150 g/mol. The molecule has 0 saturated carbocycles. The number of benzene rings is 2. The van der Waals surface area contributed by atoms with E-state index in [-0.39, 0.29) is 11.1 Å². The van der Waals surface area contributed by atoms with E-state index < -0.39 is 28.3 Å². The Labute approximate surface area is 473 Å². The summed E-state index contributed by atoms with van der Waals surface area (Å²) in [7, 11) is -4.66. The molecule has 2 aromatic carbocycles. The Hall–Kier alpha value is -2.53. The second-order valence-electron chi connectivity index (χ2n) is 22.0. The number of aromatic nitrogens is 2. The quantitative estimate of drug-likeness (QED) is 0.0288. The van der Waals surface area contributed by atoms with E-state index in [1.165, 1.54) is 238 Å². The maximum Gasteiger partial charge on any atom is 0.251 e. The van der Waals surface area contributed by atoms with Gasteiger partial charge in [-0.05, 0) is 86.5 Å². The highest BCUT2D eigenvalue weighted by molar-refractivity contribution is 7.27. The third-order valence-corrected chi connectivity index (χ3v) is 29.6. The first-order valence-corrected chi connectivity index (χ1v) is 38.8. The lowest BCUT2D eigenvalue weighted by Gasteiger charge is -2.35. The third-order valence-electron chi connectivity index (χ3n) is 15.7. The molecule has 0 atom stereocenters. The van der Waals surface area contributed by atoms with Crippen LogP contribution in [0.4, 0.5) is 8.78 Å². The van der Waals surface area contributed by atoms with Crippen molar-refractivity contribution in [1.82, 2.24) is 8.75 Å². The summed E-state index contributed by atoms with van der Waals surface area (Å²) in [6, 6.07) is 20.0. The lowest BCUT2D eigenvalue weighted by atomic mass is 10.0. The van der Waals surface area contributed by atoms with Crippen LogP contribution in [0.1, 0.15) is 205 Å². The van der Waals surface area contributed by atoms with Crippen LogP contribution in [0.2, 0.25) is 36.3 Å². The molecule has 0 aliphatic heterocycles. The van der Waals surface area contributed by atoms with Crippen molar-refractivity contribution in [2.75, 3.05) is 0 Å². The van der Waals surface area contributed by atoms with E-state index in [1.807, 2.05) is 47.8 Å². The molecule has 4 nitrogen and oxygen atoms in total. The molecule has 0 spiro atoms. The molecule has 5 heterocycles. The van der Waals surface area contributed by atoms with Crippen LogP contribution < -0.4 is 8.85 Å². The van der Waals surface area contributed by atoms with E-state index in [1.54, 1.807) is 0 Å². The first-order chi connectivity index (χ1) is 36.5. The lowest BCUT2D eigenvalue weighted by molar-refractivity contribution is 0.505. The molecule has 412 valence electrons. The molecule has 7 rings (SSSR count). The van der Waals surface area contributed by atoms with Crippen molar-refractivity contribution in [3.05, 3.63) is 57.8 Å². The summed E-state index contributed by atoms with van der Waals surface area (Å²) in [5, 5.41) is 2.43. The number of hydrogen-bond donors (Lipinski definition) is 0. The Morgan fingerprint density at radius 3 is 1.17 bits per heavy atom. The van der Waals surface area contributed by atoms with E-state index in [0.717, 1.165) is 37.9 Å². The second kappa shape index (κ2) is 30.2. The Bertz CT molecular complexity index is 2660. The highest BCUT2D eigenvalue weighted by Gasteiger charge is 2.40. The molecule has 0 radical (unpaired) electrons. The van der Waals surface area contributed by atoms with E-state index in [4.69, 9.17) is 8.85 Å². The van der Waals surface area contributed by atoms with Gasteiger partial charge in [-0.2, -0.15) is 8.75 Å². The van der Waals surface area contributed by atoms with Gasteiger partial charge in [0, 0.05) is 40.0 Å². The summed E-state index contributed by atoms with van der Waals surface area (Å²) >= 11 is 7.73. The van der Waals surface area contributed by atoms with E-state index in [0.29, 0.717) is 20.8 Å². The predicted octanol–water partition coefficient (Wildman–Crippen LogP) is 24.3. The zero-order valence-corrected chi connectivity index (χ0v) is 53.3. The van der Waals surface area contributed by atoms with E-state index in [9.17, 15) is 0 Å². The van der Waals surface area contributed by atoms with Gasteiger partial charge in [0.15, 0.2) is 11.6 Å². The van der Waals surface area contributed by atoms with Crippen LogP contribution in [-0.4, -0.2) is 25.4 Å². The topological polar surface area (TPSA) is 44.2 Å². The number of rotatable bonds is 37.